The molecule has 1 aliphatic rings. The maximum Gasteiger partial charge on any atom is 0.280 e. The number of nitrogens with zero attached hydrogens (tertiary/aromatic N) is 4. The second kappa shape index (κ2) is 6.74. The monoisotopic (exact) mass is 388 g/mol. The number of amides is 1. The highest BCUT2D eigenvalue weighted by atomic mass is 35.5. The lowest BCUT2D eigenvalue weighted by atomic mass is 10.2. The van der Waals surface area contributed by atoms with Gasteiger partial charge in [0.25, 0.3) is 5.91 Å². The maximum atomic E-state index is 13.9. The first-order chi connectivity index (χ1) is 12.9. The molecule has 5 nitrogen and oxygen atoms in total. The van der Waals surface area contributed by atoms with Crippen LogP contribution in [0, 0.1) is 18.6 Å². The van der Waals surface area contributed by atoms with Gasteiger partial charge < -0.3 is 4.90 Å². The van der Waals surface area contributed by atoms with Crippen molar-refractivity contribution < 1.29 is 13.6 Å². The lowest BCUT2D eigenvalue weighted by Gasteiger charge is -2.16. The molecule has 1 amide bonds. The summed E-state index contributed by atoms with van der Waals surface area (Å²) in [4.78, 5) is 14.6. The van der Waals surface area contributed by atoms with Crippen LogP contribution in [0.25, 0.3) is 0 Å². The lowest BCUT2D eigenvalue weighted by Crippen LogP contribution is -2.30. The Hall–Kier alpha value is -2.80. The lowest BCUT2D eigenvalue weighted by molar-refractivity contribution is 0.0984. The number of rotatable bonds is 3. The fourth-order valence-electron chi connectivity index (χ4n) is 3.21. The number of fused-ring (bicyclic) bond motifs is 1. The van der Waals surface area contributed by atoms with Crippen molar-refractivity contribution in [3.05, 3.63) is 75.6 Å². The molecule has 2 heterocycles. The highest BCUT2D eigenvalue weighted by Gasteiger charge is 2.29. The summed E-state index contributed by atoms with van der Waals surface area (Å²) in [6.45, 7) is 2.29. The summed E-state index contributed by atoms with van der Waals surface area (Å²) in [5.74, 6) is -1.59. The molecule has 0 radical (unpaired) electrons. The van der Waals surface area contributed by atoms with E-state index in [4.69, 9.17) is 11.6 Å². The number of benzene rings is 2. The van der Waals surface area contributed by atoms with Crippen LogP contribution >= 0.6 is 11.6 Å². The molecule has 0 saturated carbocycles. The minimum absolute atomic E-state index is 0.0562. The number of carbonyl (C=O) groups is 1. The molecule has 0 unspecified atom stereocenters. The van der Waals surface area contributed by atoms with Crippen LogP contribution < -0.4 is 4.90 Å². The van der Waals surface area contributed by atoms with Gasteiger partial charge in [0.05, 0.1) is 12.2 Å². The molecule has 0 aliphatic carbocycles. The highest BCUT2D eigenvalue weighted by Crippen LogP contribution is 2.32. The van der Waals surface area contributed by atoms with Gasteiger partial charge in [0, 0.05) is 28.9 Å². The summed E-state index contributed by atoms with van der Waals surface area (Å²) in [7, 11) is 0. The van der Waals surface area contributed by atoms with Gasteiger partial charge in [-0.2, -0.15) is 0 Å². The number of aromatic nitrogens is 3. The van der Waals surface area contributed by atoms with E-state index >= 15 is 0 Å². The molecule has 138 valence electrons. The number of carbonyl (C=O) groups excluding carboxylic acids is 1. The van der Waals surface area contributed by atoms with E-state index in [0.29, 0.717) is 17.3 Å². The van der Waals surface area contributed by atoms with Gasteiger partial charge in [-0.15, -0.1) is 5.10 Å². The quantitative estimate of drug-likeness (QED) is 0.686. The van der Waals surface area contributed by atoms with E-state index in [9.17, 15) is 13.6 Å². The molecule has 27 heavy (non-hydrogen) atoms. The molecular weight excluding hydrogens is 374 g/mol. The van der Waals surface area contributed by atoms with Crippen molar-refractivity contribution in [2.75, 3.05) is 11.4 Å². The zero-order chi connectivity index (χ0) is 19.1. The molecule has 1 aromatic heterocycles. The zero-order valence-electron chi connectivity index (χ0n) is 14.4. The van der Waals surface area contributed by atoms with E-state index in [-0.39, 0.29) is 23.7 Å². The Labute approximate surface area is 159 Å². The van der Waals surface area contributed by atoms with Crippen molar-refractivity contribution in [3.63, 3.8) is 0 Å². The molecule has 0 fully saturated rings. The second-order valence-electron chi connectivity index (χ2n) is 6.40. The molecule has 4 rings (SSSR count). The van der Waals surface area contributed by atoms with E-state index in [1.54, 1.807) is 24.0 Å². The van der Waals surface area contributed by atoms with Gasteiger partial charge in [-0.05, 0) is 37.1 Å². The minimum Gasteiger partial charge on any atom is -0.306 e. The fourth-order valence-corrected chi connectivity index (χ4v) is 3.38. The van der Waals surface area contributed by atoms with Crippen LogP contribution in [0.4, 0.5) is 14.5 Å². The first-order valence-electron chi connectivity index (χ1n) is 8.38. The summed E-state index contributed by atoms with van der Waals surface area (Å²) in [6.07, 6.45) is 0.742. The summed E-state index contributed by atoms with van der Waals surface area (Å²) < 4.78 is 28.4. The molecular formula is C19H15ClF2N4O. The summed E-state index contributed by atoms with van der Waals surface area (Å²) in [6, 6.07) is 8.82. The Morgan fingerprint density at radius 2 is 2.04 bits per heavy atom. The molecule has 0 spiro atoms. The van der Waals surface area contributed by atoms with Crippen molar-refractivity contribution in [2.45, 2.75) is 19.9 Å². The average molecular weight is 389 g/mol. The van der Waals surface area contributed by atoms with Gasteiger partial charge >= 0.3 is 0 Å². The van der Waals surface area contributed by atoms with Crippen molar-refractivity contribution in [1.29, 1.82) is 0 Å². The first kappa shape index (κ1) is 17.6. The topological polar surface area (TPSA) is 51.0 Å². The molecule has 8 heteroatoms. The molecule has 2 aromatic carbocycles. The van der Waals surface area contributed by atoms with Gasteiger partial charge in [-0.25, -0.2) is 13.5 Å². The van der Waals surface area contributed by atoms with Crippen LogP contribution in [0.3, 0.4) is 0 Å². The Kier molecular flexibility index (Phi) is 4.39. The van der Waals surface area contributed by atoms with E-state index in [0.717, 1.165) is 23.7 Å². The van der Waals surface area contributed by atoms with E-state index in [2.05, 4.69) is 10.3 Å². The number of hydrogen-bond donors (Lipinski definition) is 0. The van der Waals surface area contributed by atoms with Gasteiger partial charge in [-0.3, -0.25) is 4.79 Å². The van der Waals surface area contributed by atoms with Crippen LogP contribution in [0.5, 0.6) is 0 Å². The molecule has 3 aromatic rings. The van der Waals surface area contributed by atoms with Crippen molar-refractivity contribution >= 4 is 23.2 Å². The number of hydrogen-bond acceptors (Lipinski definition) is 3. The SMILES string of the molecule is Cc1c(C(=O)N2CCc3ccc(Cl)cc32)nnn1Cc1ccc(F)cc1F. The fraction of sp³-hybridized carbons (Fsp3) is 0.211. The Morgan fingerprint density at radius 3 is 2.81 bits per heavy atom. The van der Waals surface area contributed by atoms with E-state index in [1.807, 2.05) is 6.07 Å². The number of anilines is 1. The summed E-state index contributed by atoms with van der Waals surface area (Å²) in [5, 5.41) is 8.52. The Morgan fingerprint density at radius 1 is 1.22 bits per heavy atom. The summed E-state index contributed by atoms with van der Waals surface area (Å²) in [5.41, 5.74) is 2.79. The predicted octanol–water partition coefficient (Wildman–Crippen LogP) is 3.77. The van der Waals surface area contributed by atoms with Crippen LogP contribution in [-0.4, -0.2) is 27.4 Å². The first-order valence-corrected chi connectivity index (χ1v) is 8.76. The van der Waals surface area contributed by atoms with Crippen molar-refractivity contribution in [3.8, 4) is 0 Å². The number of halogens is 3. The third-order valence-corrected chi connectivity index (χ3v) is 4.94. The molecule has 0 bridgehead atoms. The molecule has 0 saturated heterocycles. The normalized spacial score (nSPS) is 13.1. The highest BCUT2D eigenvalue weighted by molar-refractivity contribution is 6.31. The zero-order valence-corrected chi connectivity index (χ0v) is 15.2. The third kappa shape index (κ3) is 3.19. The van der Waals surface area contributed by atoms with Crippen LogP contribution in [0.2, 0.25) is 5.02 Å². The van der Waals surface area contributed by atoms with Crippen molar-refractivity contribution in [1.82, 2.24) is 15.0 Å². The van der Waals surface area contributed by atoms with Gasteiger partial charge in [0.1, 0.15) is 11.6 Å². The second-order valence-corrected chi connectivity index (χ2v) is 6.83. The van der Waals surface area contributed by atoms with Gasteiger partial charge in [-0.1, -0.05) is 28.9 Å². The Bertz CT molecular complexity index is 1050. The third-order valence-electron chi connectivity index (χ3n) is 4.71. The summed E-state index contributed by atoms with van der Waals surface area (Å²) >= 11 is 6.06. The average Bonchev–Trinajstić information content (AvgIpc) is 3.20. The van der Waals surface area contributed by atoms with Gasteiger partial charge in [0.2, 0.25) is 0 Å². The smallest absolute Gasteiger partial charge is 0.280 e. The molecule has 0 atom stereocenters. The Balaban J connectivity index is 1.61. The molecule has 0 N–H and O–H groups in total. The van der Waals surface area contributed by atoms with Crippen LogP contribution in [0.1, 0.15) is 27.3 Å². The van der Waals surface area contributed by atoms with Crippen LogP contribution in [0.15, 0.2) is 36.4 Å². The van der Waals surface area contributed by atoms with E-state index in [1.165, 1.54) is 16.8 Å². The van der Waals surface area contributed by atoms with Crippen molar-refractivity contribution in [2.24, 2.45) is 0 Å². The largest absolute Gasteiger partial charge is 0.306 e. The van der Waals surface area contributed by atoms with Gasteiger partial charge in [0.15, 0.2) is 5.69 Å². The maximum absolute atomic E-state index is 13.9. The standard InChI is InChI=1S/C19H15ClF2N4O/c1-11-18(19(27)25-7-6-12-2-4-14(20)8-17(12)25)23-24-26(11)10-13-3-5-15(21)9-16(13)22/h2-5,8-9H,6-7,10H2,1H3. The minimum atomic E-state index is -0.666. The van der Waals surface area contributed by atoms with Crippen LogP contribution in [-0.2, 0) is 13.0 Å². The van der Waals surface area contributed by atoms with E-state index < -0.39 is 11.6 Å². The predicted molar refractivity (Wildman–Crippen MR) is 97.1 cm³/mol. The molecule has 1 aliphatic heterocycles.